The molecule has 0 atom stereocenters. The maximum absolute atomic E-state index is 2.99. The van der Waals surface area contributed by atoms with Gasteiger partial charge in [0.25, 0.3) is 0 Å². The Bertz CT molecular complexity index is 350. The molecule has 0 spiro atoms. The molecule has 0 N–H and O–H groups in total. The van der Waals surface area contributed by atoms with Crippen molar-refractivity contribution >= 4 is 0 Å². The van der Waals surface area contributed by atoms with Gasteiger partial charge in [-0.1, -0.05) is 0 Å². The molecule has 1 radical (unpaired) electrons. The summed E-state index contributed by atoms with van der Waals surface area (Å²) in [6.07, 6.45) is 10.0. The first-order valence-electron chi connectivity index (χ1n) is 6.22. The van der Waals surface area contributed by atoms with E-state index in [2.05, 4.69) is 53.7 Å². The summed E-state index contributed by atoms with van der Waals surface area (Å²) in [7, 11) is 0. The molecular formula is C17H23V-. The number of allylic oxidation sites excluding steroid dienone is 4. The van der Waals surface area contributed by atoms with E-state index in [9.17, 15) is 0 Å². The Hall–Kier alpha value is -0.716. The van der Waals surface area contributed by atoms with Crippen LogP contribution in [-0.2, 0) is 18.6 Å². The molecule has 1 heteroatoms. The van der Waals surface area contributed by atoms with Crippen LogP contribution >= 0.6 is 0 Å². The Morgan fingerprint density at radius 2 is 1.06 bits per heavy atom. The van der Waals surface area contributed by atoms with Crippen LogP contribution in [0.25, 0.3) is 0 Å². The summed E-state index contributed by atoms with van der Waals surface area (Å²) < 4.78 is 0. The van der Waals surface area contributed by atoms with E-state index < -0.39 is 0 Å². The Labute approximate surface area is 124 Å². The molecule has 1 aliphatic carbocycles. The van der Waals surface area contributed by atoms with E-state index in [0.717, 1.165) is 6.42 Å². The fraction of sp³-hybridized carbons (Fsp3) is 0.412. The molecule has 1 aliphatic rings. The van der Waals surface area contributed by atoms with Crippen LogP contribution in [-0.4, -0.2) is 0 Å². The fourth-order valence-electron chi connectivity index (χ4n) is 2.03. The molecule has 0 aromatic heterocycles. The van der Waals surface area contributed by atoms with Gasteiger partial charge in [0.05, 0.1) is 0 Å². The second kappa shape index (κ2) is 7.66. The van der Waals surface area contributed by atoms with Crippen LogP contribution in [0.1, 0.15) is 39.8 Å². The normalized spacial score (nSPS) is 11.9. The van der Waals surface area contributed by atoms with Crippen molar-refractivity contribution < 1.29 is 18.6 Å². The van der Waals surface area contributed by atoms with Gasteiger partial charge in [-0.05, 0) is 74.9 Å². The van der Waals surface area contributed by atoms with Gasteiger partial charge in [0, 0.05) is 18.6 Å². The van der Waals surface area contributed by atoms with Crippen LogP contribution in [0.15, 0.2) is 18.2 Å². The summed E-state index contributed by atoms with van der Waals surface area (Å²) >= 11 is 0. The monoisotopic (exact) mass is 278 g/mol. The third-order valence-corrected chi connectivity index (χ3v) is 3.96. The SMILES string of the molecule is Cc1c(C)c(C)c(C)c(C)c1C.[C-]1=CC=CC1.[V]. The Morgan fingerprint density at radius 1 is 0.722 bits per heavy atom. The summed E-state index contributed by atoms with van der Waals surface area (Å²) in [5.41, 5.74) is 8.73. The third kappa shape index (κ3) is 3.90. The van der Waals surface area contributed by atoms with Crippen molar-refractivity contribution in [2.45, 2.75) is 48.0 Å². The molecule has 2 rings (SSSR count). The van der Waals surface area contributed by atoms with E-state index >= 15 is 0 Å². The molecule has 0 nitrogen and oxygen atoms in total. The molecule has 0 fully saturated rings. The molecule has 0 saturated heterocycles. The molecule has 0 saturated carbocycles. The summed E-state index contributed by atoms with van der Waals surface area (Å²) in [6.45, 7) is 13.3. The number of benzene rings is 1. The second-order valence-electron chi connectivity index (χ2n) is 4.75. The van der Waals surface area contributed by atoms with Crippen molar-refractivity contribution in [3.8, 4) is 0 Å². The van der Waals surface area contributed by atoms with Crippen LogP contribution in [0.5, 0.6) is 0 Å². The molecule has 0 bridgehead atoms. The molecule has 18 heavy (non-hydrogen) atoms. The van der Waals surface area contributed by atoms with Crippen molar-refractivity contribution in [3.63, 3.8) is 0 Å². The fourth-order valence-corrected chi connectivity index (χ4v) is 2.03. The zero-order chi connectivity index (χ0) is 13.0. The van der Waals surface area contributed by atoms with Crippen LogP contribution in [0.4, 0.5) is 0 Å². The van der Waals surface area contributed by atoms with E-state index in [1.807, 2.05) is 12.2 Å². The number of hydrogen-bond donors (Lipinski definition) is 0. The summed E-state index contributed by atoms with van der Waals surface area (Å²) in [5.74, 6) is 0. The van der Waals surface area contributed by atoms with E-state index in [1.54, 1.807) is 0 Å². The Balaban J connectivity index is 0.000000405. The minimum atomic E-state index is 0. The van der Waals surface area contributed by atoms with Gasteiger partial charge in [-0.25, -0.2) is 12.2 Å². The molecular weight excluding hydrogens is 255 g/mol. The number of hydrogen-bond acceptors (Lipinski definition) is 0. The first-order chi connectivity index (χ1) is 7.96. The van der Waals surface area contributed by atoms with Crippen molar-refractivity contribution in [1.82, 2.24) is 0 Å². The van der Waals surface area contributed by atoms with Gasteiger partial charge in [-0.3, -0.25) is 6.08 Å². The van der Waals surface area contributed by atoms with Gasteiger partial charge in [-0.15, -0.1) is 6.42 Å². The summed E-state index contributed by atoms with van der Waals surface area (Å²) in [4.78, 5) is 0. The van der Waals surface area contributed by atoms with Crippen LogP contribution in [0.3, 0.4) is 0 Å². The molecule has 0 amide bonds. The van der Waals surface area contributed by atoms with Gasteiger partial charge < -0.3 is 0 Å². The summed E-state index contributed by atoms with van der Waals surface area (Å²) in [6, 6.07) is 0. The van der Waals surface area contributed by atoms with Gasteiger partial charge in [0.2, 0.25) is 0 Å². The predicted octanol–water partition coefficient (Wildman–Crippen LogP) is 4.84. The average molecular weight is 278 g/mol. The van der Waals surface area contributed by atoms with Crippen molar-refractivity contribution in [1.29, 1.82) is 0 Å². The van der Waals surface area contributed by atoms with E-state index in [4.69, 9.17) is 0 Å². The van der Waals surface area contributed by atoms with Crippen molar-refractivity contribution in [2.75, 3.05) is 0 Å². The van der Waals surface area contributed by atoms with Crippen LogP contribution in [0.2, 0.25) is 0 Å². The topological polar surface area (TPSA) is 0 Å². The zero-order valence-electron chi connectivity index (χ0n) is 12.4. The minimum absolute atomic E-state index is 0. The smallest absolute Gasteiger partial charge is 0 e. The number of rotatable bonds is 0. The van der Waals surface area contributed by atoms with Crippen LogP contribution in [0, 0.1) is 47.6 Å². The largest absolute Gasteiger partial charge is 0.273 e. The quantitative estimate of drug-likeness (QED) is 0.596. The second-order valence-corrected chi connectivity index (χ2v) is 4.75. The zero-order valence-corrected chi connectivity index (χ0v) is 13.8. The minimum Gasteiger partial charge on any atom is -0.273 e. The Kier molecular flexibility index (Phi) is 7.36. The predicted molar refractivity (Wildman–Crippen MR) is 76.4 cm³/mol. The van der Waals surface area contributed by atoms with Gasteiger partial charge in [-0.2, -0.15) is 6.08 Å². The standard InChI is InChI=1S/C12H18.C5H5.V/c1-7-8(2)10(4)12(6)11(5)9(7)3;1-2-4-5-3-1;/h1-6H3;1-3H,4H2;/q;-1;. The maximum Gasteiger partial charge on any atom is 0 e. The molecule has 97 valence electrons. The van der Waals surface area contributed by atoms with E-state index in [0.29, 0.717) is 0 Å². The first-order valence-corrected chi connectivity index (χ1v) is 6.22. The van der Waals surface area contributed by atoms with Gasteiger partial charge in [0.15, 0.2) is 0 Å². The average Bonchev–Trinajstić information content (AvgIpc) is 2.90. The van der Waals surface area contributed by atoms with Crippen LogP contribution < -0.4 is 0 Å². The first kappa shape index (κ1) is 17.3. The maximum atomic E-state index is 2.99. The van der Waals surface area contributed by atoms with Gasteiger partial charge >= 0.3 is 0 Å². The molecule has 0 aliphatic heterocycles. The molecule has 1 aromatic carbocycles. The van der Waals surface area contributed by atoms with E-state index in [1.165, 1.54) is 33.4 Å². The Morgan fingerprint density at radius 3 is 1.17 bits per heavy atom. The third-order valence-electron chi connectivity index (χ3n) is 3.96. The summed E-state index contributed by atoms with van der Waals surface area (Å²) in [5, 5.41) is 0. The van der Waals surface area contributed by atoms with Crippen molar-refractivity contribution in [3.05, 3.63) is 57.7 Å². The van der Waals surface area contributed by atoms with E-state index in [-0.39, 0.29) is 18.6 Å². The molecule has 0 heterocycles. The van der Waals surface area contributed by atoms with Gasteiger partial charge in [0.1, 0.15) is 0 Å². The molecule has 1 aromatic rings. The van der Waals surface area contributed by atoms with Crippen molar-refractivity contribution in [2.24, 2.45) is 0 Å². The molecule has 0 unspecified atom stereocenters.